The molecular formula is C25H26N6O. The number of piperidine rings is 1. The number of benzene rings is 1. The number of rotatable bonds is 5. The van der Waals surface area contributed by atoms with Crippen molar-refractivity contribution in [3.8, 4) is 11.3 Å². The maximum Gasteiger partial charge on any atom is 0.180 e. The molecule has 6 rings (SSSR count). The molecule has 0 atom stereocenters. The van der Waals surface area contributed by atoms with E-state index in [0.29, 0.717) is 5.92 Å². The van der Waals surface area contributed by atoms with Gasteiger partial charge in [-0.2, -0.15) is 5.10 Å². The van der Waals surface area contributed by atoms with E-state index in [4.69, 9.17) is 4.42 Å². The number of hydrogen-bond acceptors (Lipinski definition) is 5. The van der Waals surface area contributed by atoms with E-state index in [0.717, 1.165) is 48.3 Å². The number of nitrogens with one attached hydrogen (secondary N) is 2. The van der Waals surface area contributed by atoms with Gasteiger partial charge in [-0.05, 0) is 67.6 Å². The third-order valence-corrected chi connectivity index (χ3v) is 6.84. The molecule has 1 saturated heterocycles. The van der Waals surface area contributed by atoms with Crippen LogP contribution in [0.15, 0.2) is 53.7 Å². The van der Waals surface area contributed by atoms with E-state index >= 15 is 0 Å². The molecule has 162 valence electrons. The molecule has 1 aromatic carbocycles. The second-order valence-electron chi connectivity index (χ2n) is 8.66. The number of aromatic nitrogens is 5. The van der Waals surface area contributed by atoms with E-state index < -0.39 is 0 Å². The van der Waals surface area contributed by atoms with E-state index in [1.165, 1.54) is 47.0 Å². The van der Waals surface area contributed by atoms with Crippen LogP contribution in [0, 0.1) is 0 Å². The fraction of sp³-hybridized carbons (Fsp3) is 0.320. The van der Waals surface area contributed by atoms with Crippen LogP contribution in [-0.4, -0.2) is 43.1 Å². The Morgan fingerprint density at radius 3 is 2.84 bits per heavy atom. The van der Waals surface area contributed by atoms with Crippen LogP contribution in [0.5, 0.6) is 0 Å². The van der Waals surface area contributed by atoms with Gasteiger partial charge in [0, 0.05) is 34.6 Å². The Balaban J connectivity index is 1.29. The zero-order valence-corrected chi connectivity index (χ0v) is 18.1. The molecule has 0 saturated carbocycles. The predicted octanol–water partition coefficient (Wildman–Crippen LogP) is 5.04. The first-order valence-electron chi connectivity index (χ1n) is 11.3. The minimum atomic E-state index is 0.595. The fourth-order valence-electron chi connectivity index (χ4n) is 5.15. The summed E-state index contributed by atoms with van der Waals surface area (Å²) >= 11 is 0. The molecule has 0 aliphatic carbocycles. The Morgan fingerprint density at radius 2 is 2.03 bits per heavy atom. The quantitative estimate of drug-likeness (QED) is 0.411. The topological polar surface area (TPSA) is 86.6 Å². The Kier molecular flexibility index (Phi) is 4.76. The molecule has 0 bridgehead atoms. The standard InChI is InChI=1S/C25H26N6O/c1-2-19-21-11-17(16-6-9-31(10-7-16)13-18-14-32-15-27-18)3-4-23(21)29-24(19)20-5-8-26-25-22(20)12-28-30-25/h3-5,8,11-12,14-16,29H,2,6-7,9-10,13H2,1H3,(H,26,28,30). The van der Waals surface area contributed by atoms with Crippen molar-refractivity contribution >= 4 is 21.9 Å². The Labute approximate surface area is 185 Å². The third-order valence-electron chi connectivity index (χ3n) is 6.84. The molecule has 0 amide bonds. The van der Waals surface area contributed by atoms with E-state index in [1.807, 2.05) is 12.4 Å². The number of oxazole rings is 1. The summed E-state index contributed by atoms with van der Waals surface area (Å²) in [6.45, 7) is 5.28. The number of likely N-dealkylation sites (tertiary alicyclic amines) is 1. The van der Waals surface area contributed by atoms with Crippen molar-refractivity contribution in [3.05, 3.63) is 66.1 Å². The van der Waals surface area contributed by atoms with Crippen LogP contribution in [-0.2, 0) is 13.0 Å². The second kappa shape index (κ2) is 7.91. The van der Waals surface area contributed by atoms with Gasteiger partial charge in [0.05, 0.1) is 17.6 Å². The number of hydrogen-bond donors (Lipinski definition) is 2. The third kappa shape index (κ3) is 3.29. The lowest BCUT2D eigenvalue weighted by Gasteiger charge is -2.31. The van der Waals surface area contributed by atoms with Crippen LogP contribution in [0.1, 0.15) is 42.5 Å². The van der Waals surface area contributed by atoms with E-state index in [9.17, 15) is 0 Å². The van der Waals surface area contributed by atoms with Crippen molar-refractivity contribution in [1.29, 1.82) is 0 Å². The van der Waals surface area contributed by atoms with Crippen molar-refractivity contribution in [2.75, 3.05) is 13.1 Å². The van der Waals surface area contributed by atoms with Crippen LogP contribution in [0.3, 0.4) is 0 Å². The van der Waals surface area contributed by atoms with Crippen LogP contribution < -0.4 is 0 Å². The number of H-pyrrole nitrogens is 2. The predicted molar refractivity (Wildman–Crippen MR) is 124 cm³/mol. The minimum Gasteiger partial charge on any atom is -0.451 e. The van der Waals surface area contributed by atoms with Crippen molar-refractivity contribution < 1.29 is 4.42 Å². The molecule has 0 radical (unpaired) electrons. The molecule has 32 heavy (non-hydrogen) atoms. The summed E-state index contributed by atoms with van der Waals surface area (Å²) in [6.07, 6.45) is 10.3. The average molecular weight is 427 g/mol. The zero-order chi connectivity index (χ0) is 21.5. The van der Waals surface area contributed by atoms with Gasteiger partial charge < -0.3 is 9.40 Å². The van der Waals surface area contributed by atoms with E-state index in [2.05, 4.69) is 61.2 Å². The summed E-state index contributed by atoms with van der Waals surface area (Å²) in [5.41, 5.74) is 8.16. The highest BCUT2D eigenvalue weighted by Crippen LogP contribution is 2.37. The summed E-state index contributed by atoms with van der Waals surface area (Å²) in [5, 5.41) is 9.55. The van der Waals surface area contributed by atoms with Gasteiger partial charge >= 0.3 is 0 Å². The first-order chi connectivity index (χ1) is 15.8. The van der Waals surface area contributed by atoms with Gasteiger partial charge in [-0.15, -0.1) is 0 Å². The molecule has 1 aliphatic heterocycles. The normalized spacial score (nSPS) is 15.8. The number of aryl methyl sites for hydroxylation is 1. The van der Waals surface area contributed by atoms with Crippen LogP contribution in [0.2, 0.25) is 0 Å². The van der Waals surface area contributed by atoms with Gasteiger partial charge in [-0.1, -0.05) is 13.0 Å². The minimum absolute atomic E-state index is 0.595. The van der Waals surface area contributed by atoms with E-state index in [-0.39, 0.29) is 0 Å². The molecular weight excluding hydrogens is 400 g/mol. The number of aromatic amines is 2. The van der Waals surface area contributed by atoms with Crippen molar-refractivity contribution in [3.63, 3.8) is 0 Å². The lowest BCUT2D eigenvalue weighted by atomic mass is 9.88. The summed E-state index contributed by atoms with van der Waals surface area (Å²) in [6, 6.07) is 9.05. The highest BCUT2D eigenvalue weighted by Gasteiger charge is 2.23. The highest BCUT2D eigenvalue weighted by atomic mass is 16.3. The number of pyridine rings is 1. The van der Waals surface area contributed by atoms with Crippen LogP contribution >= 0.6 is 0 Å². The van der Waals surface area contributed by atoms with E-state index in [1.54, 1.807) is 6.26 Å². The highest BCUT2D eigenvalue weighted by molar-refractivity contribution is 5.98. The summed E-state index contributed by atoms with van der Waals surface area (Å²) < 4.78 is 5.11. The molecule has 1 fully saturated rings. The van der Waals surface area contributed by atoms with Crippen molar-refractivity contribution in [2.24, 2.45) is 0 Å². The Morgan fingerprint density at radius 1 is 1.12 bits per heavy atom. The molecule has 0 unspecified atom stereocenters. The first-order valence-corrected chi connectivity index (χ1v) is 11.3. The van der Waals surface area contributed by atoms with Gasteiger partial charge in [0.15, 0.2) is 12.0 Å². The zero-order valence-electron chi connectivity index (χ0n) is 18.1. The number of fused-ring (bicyclic) bond motifs is 2. The van der Waals surface area contributed by atoms with Crippen LogP contribution in [0.25, 0.3) is 33.2 Å². The monoisotopic (exact) mass is 426 g/mol. The second-order valence-corrected chi connectivity index (χ2v) is 8.66. The van der Waals surface area contributed by atoms with Crippen molar-refractivity contribution in [2.45, 2.75) is 38.6 Å². The van der Waals surface area contributed by atoms with Gasteiger partial charge in [0.25, 0.3) is 0 Å². The molecule has 5 aromatic rings. The fourth-order valence-corrected chi connectivity index (χ4v) is 5.15. The molecule has 2 N–H and O–H groups in total. The van der Waals surface area contributed by atoms with Gasteiger partial charge in [0.1, 0.15) is 6.26 Å². The summed E-state index contributed by atoms with van der Waals surface area (Å²) in [4.78, 5) is 14.8. The number of nitrogens with zero attached hydrogens (tertiary/aromatic N) is 4. The lowest BCUT2D eigenvalue weighted by Crippen LogP contribution is -2.32. The maximum absolute atomic E-state index is 5.11. The molecule has 7 heteroatoms. The average Bonchev–Trinajstić information content (AvgIpc) is 3.58. The summed E-state index contributed by atoms with van der Waals surface area (Å²) in [5.74, 6) is 0.595. The lowest BCUT2D eigenvalue weighted by molar-refractivity contribution is 0.202. The molecule has 5 heterocycles. The van der Waals surface area contributed by atoms with Gasteiger partial charge in [0.2, 0.25) is 0 Å². The Bertz CT molecular complexity index is 1360. The SMILES string of the molecule is CCc1c(-c2ccnc3[nH]ncc23)[nH]c2ccc(C3CCN(Cc4cocn4)CC3)cc12. The first kappa shape index (κ1) is 19.3. The summed E-state index contributed by atoms with van der Waals surface area (Å²) in [7, 11) is 0. The van der Waals surface area contributed by atoms with Crippen molar-refractivity contribution in [1.82, 2.24) is 30.0 Å². The maximum atomic E-state index is 5.11. The van der Waals surface area contributed by atoms with Gasteiger partial charge in [-0.3, -0.25) is 10.00 Å². The largest absolute Gasteiger partial charge is 0.451 e. The molecule has 1 aliphatic rings. The molecule has 0 spiro atoms. The Hall–Kier alpha value is -3.45. The molecule has 7 nitrogen and oxygen atoms in total. The van der Waals surface area contributed by atoms with Crippen LogP contribution in [0.4, 0.5) is 0 Å². The smallest absolute Gasteiger partial charge is 0.180 e. The molecule has 4 aromatic heterocycles. The van der Waals surface area contributed by atoms with Gasteiger partial charge in [-0.25, -0.2) is 9.97 Å².